The molecule has 2 aromatic heterocycles. The van der Waals surface area contributed by atoms with Crippen molar-refractivity contribution in [2.75, 3.05) is 14.1 Å². The predicted molar refractivity (Wildman–Crippen MR) is 109 cm³/mol. The van der Waals surface area contributed by atoms with Gasteiger partial charge in [-0.1, -0.05) is 35.9 Å². The van der Waals surface area contributed by atoms with Gasteiger partial charge in [0, 0.05) is 45.8 Å². The Morgan fingerprint density at radius 3 is 2.41 bits per heavy atom. The number of imidazole rings is 1. The summed E-state index contributed by atoms with van der Waals surface area (Å²) >= 11 is 0. The van der Waals surface area contributed by atoms with Crippen molar-refractivity contribution in [1.82, 2.24) is 24.8 Å². The molecule has 3 rings (SSSR count). The number of hydrogen-bond acceptors (Lipinski definition) is 3. The molecule has 0 saturated carbocycles. The zero-order chi connectivity index (χ0) is 19.2. The normalized spacial score (nSPS) is 11.5. The van der Waals surface area contributed by atoms with Crippen molar-refractivity contribution in [3.63, 3.8) is 0 Å². The number of guanidine groups is 1. The Bertz CT molecular complexity index is 893. The van der Waals surface area contributed by atoms with E-state index in [1.165, 1.54) is 11.1 Å². The fourth-order valence-electron chi connectivity index (χ4n) is 2.89. The number of aliphatic imine (C=N–C) groups is 1. The summed E-state index contributed by atoms with van der Waals surface area (Å²) < 4.78 is 1.96. The number of rotatable bonds is 5. The minimum absolute atomic E-state index is 0.668. The molecule has 0 bridgehead atoms. The van der Waals surface area contributed by atoms with E-state index in [-0.39, 0.29) is 0 Å². The van der Waals surface area contributed by atoms with Crippen LogP contribution < -0.4 is 5.32 Å². The lowest BCUT2D eigenvalue weighted by molar-refractivity contribution is 0.476. The maximum atomic E-state index is 4.54. The Labute approximate surface area is 160 Å². The summed E-state index contributed by atoms with van der Waals surface area (Å²) in [6, 6.07) is 12.6. The molecule has 0 fully saturated rings. The number of aryl methyl sites for hydroxylation is 2. The van der Waals surface area contributed by atoms with Crippen LogP contribution in [0.25, 0.3) is 5.82 Å². The molecule has 0 aliphatic carbocycles. The largest absolute Gasteiger partial charge is 0.352 e. The molecule has 140 valence electrons. The van der Waals surface area contributed by atoms with Crippen molar-refractivity contribution < 1.29 is 0 Å². The molecule has 0 unspecified atom stereocenters. The standard InChI is InChI=1S/C21H26N6/c1-16-5-7-18(8-6-16)15-26(4)21(22-3)25-14-19-9-10-20(24-13-19)27-12-11-23-17(27)2/h5-13H,14-15H2,1-4H3,(H,22,25). The van der Waals surface area contributed by atoms with E-state index in [1.807, 2.05) is 37.0 Å². The molecule has 0 aliphatic rings. The van der Waals surface area contributed by atoms with Crippen LogP contribution in [0.4, 0.5) is 0 Å². The third kappa shape index (κ3) is 4.73. The van der Waals surface area contributed by atoms with Crippen LogP contribution in [-0.4, -0.2) is 39.5 Å². The Kier molecular flexibility index (Phi) is 5.86. The molecule has 27 heavy (non-hydrogen) atoms. The minimum atomic E-state index is 0.668. The van der Waals surface area contributed by atoms with Gasteiger partial charge in [0.1, 0.15) is 11.6 Å². The molecular weight excluding hydrogens is 336 g/mol. The molecule has 0 radical (unpaired) electrons. The summed E-state index contributed by atoms with van der Waals surface area (Å²) in [6.45, 7) is 5.53. The SMILES string of the molecule is CN=C(NCc1ccc(-n2ccnc2C)nc1)N(C)Cc1ccc(C)cc1. The summed E-state index contributed by atoms with van der Waals surface area (Å²) in [4.78, 5) is 15.3. The molecule has 2 heterocycles. The van der Waals surface area contributed by atoms with E-state index in [9.17, 15) is 0 Å². The lowest BCUT2D eigenvalue weighted by Crippen LogP contribution is -2.38. The molecule has 1 aromatic carbocycles. The van der Waals surface area contributed by atoms with Gasteiger partial charge in [0.2, 0.25) is 0 Å². The van der Waals surface area contributed by atoms with Gasteiger partial charge in [-0.15, -0.1) is 0 Å². The first kappa shape index (κ1) is 18.6. The Hall–Kier alpha value is -3.15. The van der Waals surface area contributed by atoms with E-state index in [0.717, 1.165) is 29.7 Å². The summed E-state index contributed by atoms with van der Waals surface area (Å²) in [6.07, 6.45) is 5.58. The van der Waals surface area contributed by atoms with Gasteiger partial charge in [-0.2, -0.15) is 0 Å². The number of benzene rings is 1. The summed E-state index contributed by atoms with van der Waals surface area (Å²) in [7, 11) is 3.84. The van der Waals surface area contributed by atoms with Crippen molar-refractivity contribution in [1.29, 1.82) is 0 Å². The van der Waals surface area contributed by atoms with E-state index in [4.69, 9.17) is 0 Å². The van der Waals surface area contributed by atoms with Crippen LogP contribution in [0, 0.1) is 13.8 Å². The highest BCUT2D eigenvalue weighted by molar-refractivity contribution is 5.79. The van der Waals surface area contributed by atoms with Crippen LogP contribution >= 0.6 is 0 Å². The lowest BCUT2D eigenvalue weighted by Gasteiger charge is -2.22. The van der Waals surface area contributed by atoms with Gasteiger partial charge in [0.15, 0.2) is 5.96 Å². The smallest absolute Gasteiger partial charge is 0.193 e. The lowest BCUT2D eigenvalue weighted by atomic mass is 10.1. The molecule has 0 atom stereocenters. The maximum absolute atomic E-state index is 4.54. The van der Waals surface area contributed by atoms with E-state index in [2.05, 4.69) is 62.4 Å². The monoisotopic (exact) mass is 362 g/mol. The second-order valence-electron chi connectivity index (χ2n) is 6.61. The van der Waals surface area contributed by atoms with Crippen LogP contribution in [0.3, 0.4) is 0 Å². The number of pyridine rings is 1. The number of aromatic nitrogens is 3. The Balaban J connectivity index is 1.59. The van der Waals surface area contributed by atoms with Gasteiger partial charge in [-0.05, 0) is 31.0 Å². The fourth-order valence-corrected chi connectivity index (χ4v) is 2.89. The first-order chi connectivity index (χ1) is 13.1. The van der Waals surface area contributed by atoms with Crippen molar-refractivity contribution in [3.05, 3.63) is 77.5 Å². The molecule has 6 nitrogen and oxygen atoms in total. The van der Waals surface area contributed by atoms with Gasteiger partial charge in [0.05, 0.1) is 0 Å². The second kappa shape index (κ2) is 8.49. The van der Waals surface area contributed by atoms with Gasteiger partial charge in [-0.3, -0.25) is 9.56 Å². The highest BCUT2D eigenvalue weighted by Gasteiger charge is 2.07. The number of hydrogen-bond donors (Lipinski definition) is 1. The summed E-state index contributed by atoms with van der Waals surface area (Å²) in [5.74, 6) is 2.64. The van der Waals surface area contributed by atoms with Gasteiger partial charge >= 0.3 is 0 Å². The summed E-state index contributed by atoms with van der Waals surface area (Å²) in [5.41, 5.74) is 3.62. The highest BCUT2D eigenvalue weighted by atomic mass is 15.3. The average Bonchev–Trinajstić information content (AvgIpc) is 3.10. The third-order valence-corrected chi connectivity index (χ3v) is 4.45. The van der Waals surface area contributed by atoms with Crippen LogP contribution in [0.15, 0.2) is 60.0 Å². The second-order valence-corrected chi connectivity index (χ2v) is 6.61. The van der Waals surface area contributed by atoms with E-state index in [1.54, 1.807) is 13.2 Å². The zero-order valence-corrected chi connectivity index (χ0v) is 16.3. The molecule has 1 N–H and O–H groups in total. The fraction of sp³-hybridized carbons (Fsp3) is 0.286. The van der Waals surface area contributed by atoms with Crippen LogP contribution in [0.2, 0.25) is 0 Å². The minimum Gasteiger partial charge on any atom is -0.352 e. The molecule has 0 amide bonds. The average molecular weight is 362 g/mol. The predicted octanol–water partition coefficient (Wildman–Crippen LogP) is 3.09. The van der Waals surface area contributed by atoms with E-state index < -0.39 is 0 Å². The van der Waals surface area contributed by atoms with Gasteiger partial charge in [0.25, 0.3) is 0 Å². The molecule has 0 spiro atoms. The first-order valence-electron chi connectivity index (χ1n) is 8.99. The molecule has 0 saturated heterocycles. The van der Waals surface area contributed by atoms with Crippen LogP contribution in [0.5, 0.6) is 0 Å². The quantitative estimate of drug-likeness (QED) is 0.560. The summed E-state index contributed by atoms with van der Waals surface area (Å²) in [5, 5.41) is 3.40. The topological polar surface area (TPSA) is 58.3 Å². The Morgan fingerprint density at radius 2 is 1.81 bits per heavy atom. The molecular formula is C21H26N6. The van der Waals surface area contributed by atoms with Crippen molar-refractivity contribution in [2.24, 2.45) is 4.99 Å². The van der Waals surface area contributed by atoms with Crippen molar-refractivity contribution >= 4 is 5.96 Å². The first-order valence-corrected chi connectivity index (χ1v) is 8.99. The molecule has 0 aliphatic heterocycles. The number of nitrogens with one attached hydrogen (secondary N) is 1. The van der Waals surface area contributed by atoms with E-state index in [0.29, 0.717) is 6.54 Å². The highest BCUT2D eigenvalue weighted by Crippen LogP contribution is 2.09. The van der Waals surface area contributed by atoms with Crippen molar-refractivity contribution in [2.45, 2.75) is 26.9 Å². The van der Waals surface area contributed by atoms with Gasteiger partial charge < -0.3 is 10.2 Å². The zero-order valence-electron chi connectivity index (χ0n) is 16.3. The Morgan fingerprint density at radius 1 is 1.07 bits per heavy atom. The molecule has 6 heteroatoms. The number of nitrogens with zero attached hydrogens (tertiary/aromatic N) is 5. The van der Waals surface area contributed by atoms with E-state index >= 15 is 0 Å². The van der Waals surface area contributed by atoms with Gasteiger partial charge in [-0.25, -0.2) is 9.97 Å². The van der Waals surface area contributed by atoms with Crippen LogP contribution in [0.1, 0.15) is 22.5 Å². The maximum Gasteiger partial charge on any atom is 0.193 e. The third-order valence-electron chi connectivity index (χ3n) is 4.45. The van der Waals surface area contributed by atoms with Crippen molar-refractivity contribution in [3.8, 4) is 5.82 Å². The molecule has 3 aromatic rings. The van der Waals surface area contributed by atoms with Crippen LogP contribution in [-0.2, 0) is 13.1 Å².